The number of pyridine rings is 1. The first-order chi connectivity index (χ1) is 13.1. The van der Waals surface area contributed by atoms with Crippen LogP contribution in [0.5, 0.6) is 5.75 Å². The first kappa shape index (κ1) is 18.6. The van der Waals surface area contributed by atoms with Crippen molar-refractivity contribution in [1.82, 2.24) is 10.3 Å². The van der Waals surface area contributed by atoms with Gasteiger partial charge in [0.2, 0.25) is 0 Å². The van der Waals surface area contributed by atoms with Crippen molar-refractivity contribution < 1.29 is 13.9 Å². The Morgan fingerprint density at radius 2 is 2.00 bits per heavy atom. The maximum Gasteiger partial charge on any atom is 0.336 e. The number of nitrogens with zero attached hydrogens (tertiary/aromatic N) is 1. The number of rotatable bonds is 7. The molecule has 0 aliphatic rings. The van der Waals surface area contributed by atoms with Crippen LogP contribution in [0.15, 0.2) is 51.9 Å². The monoisotopic (exact) mass is 366 g/mol. The van der Waals surface area contributed by atoms with Crippen LogP contribution in [0.25, 0.3) is 11.0 Å². The summed E-state index contributed by atoms with van der Waals surface area (Å²) in [6.07, 6.45) is 5.10. The number of benzene rings is 1. The van der Waals surface area contributed by atoms with E-state index in [1.54, 1.807) is 18.5 Å². The molecule has 3 aromatic rings. The van der Waals surface area contributed by atoms with Gasteiger partial charge in [0.25, 0.3) is 5.91 Å². The Labute approximate surface area is 157 Å². The summed E-state index contributed by atoms with van der Waals surface area (Å²) in [6.45, 7) is 4.19. The van der Waals surface area contributed by atoms with E-state index in [1.165, 1.54) is 0 Å². The van der Waals surface area contributed by atoms with Crippen LogP contribution < -0.4 is 15.7 Å². The molecule has 0 fully saturated rings. The number of carbonyl (C=O) groups excluding carboxylic acids is 1. The second-order valence-electron chi connectivity index (χ2n) is 6.33. The van der Waals surface area contributed by atoms with Crippen molar-refractivity contribution >= 4 is 16.9 Å². The van der Waals surface area contributed by atoms with Gasteiger partial charge in [0.15, 0.2) is 6.61 Å². The minimum atomic E-state index is -0.374. The number of nitrogens with one attached hydrogen (secondary N) is 1. The van der Waals surface area contributed by atoms with Crippen LogP contribution >= 0.6 is 0 Å². The van der Waals surface area contributed by atoms with E-state index in [1.807, 2.05) is 31.2 Å². The molecular weight excluding hydrogens is 344 g/mol. The van der Waals surface area contributed by atoms with Gasteiger partial charge in [0.1, 0.15) is 11.3 Å². The topological polar surface area (TPSA) is 81.4 Å². The lowest BCUT2D eigenvalue weighted by Gasteiger charge is -2.12. The molecule has 1 N–H and O–H groups in total. The third-order valence-electron chi connectivity index (χ3n) is 4.31. The highest BCUT2D eigenvalue weighted by Gasteiger charge is 2.12. The predicted molar refractivity (Wildman–Crippen MR) is 103 cm³/mol. The molecule has 1 aromatic carbocycles. The normalized spacial score (nSPS) is 10.7. The highest BCUT2D eigenvalue weighted by atomic mass is 16.5. The SMILES string of the molecule is CCCc1cc(=O)oc2c(C)c(OCC(=O)NCc3ccncc3)ccc12. The molecule has 0 aliphatic carbocycles. The van der Waals surface area contributed by atoms with Gasteiger partial charge in [-0.3, -0.25) is 9.78 Å². The van der Waals surface area contributed by atoms with Crippen LogP contribution in [0.4, 0.5) is 0 Å². The Hall–Kier alpha value is -3.15. The Bertz CT molecular complexity index is 996. The van der Waals surface area contributed by atoms with Crippen molar-refractivity contribution in [2.24, 2.45) is 0 Å². The summed E-state index contributed by atoms with van der Waals surface area (Å²) in [4.78, 5) is 27.8. The van der Waals surface area contributed by atoms with Crippen LogP contribution in [-0.2, 0) is 17.8 Å². The van der Waals surface area contributed by atoms with Crippen LogP contribution in [0.1, 0.15) is 30.0 Å². The smallest absolute Gasteiger partial charge is 0.336 e. The van der Waals surface area contributed by atoms with E-state index in [0.29, 0.717) is 23.4 Å². The highest BCUT2D eigenvalue weighted by Crippen LogP contribution is 2.28. The summed E-state index contributed by atoms with van der Waals surface area (Å²) >= 11 is 0. The van der Waals surface area contributed by atoms with Crippen LogP contribution in [-0.4, -0.2) is 17.5 Å². The molecule has 0 saturated heterocycles. The van der Waals surface area contributed by atoms with E-state index in [2.05, 4.69) is 17.2 Å². The van der Waals surface area contributed by atoms with Gasteiger partial charge in [-0.1, -0.05) is 13.3 Å². The number of fused-ring (bicyclic) bond motifs is 1. The average Bonchev–Trinajstić information content (AvgIpc) is 2.67. The minimum Gasteiger partial charge on any atom is -0.483 e. The van der Waals surface area contributed by atoms with Gasteiger partial charge in [0, 0.05) is 36.0 Å². The van der Waals surface area contributed by atoms with E-state index < -0.39 is 0 Å². The summed E-state index contributed by atoms with van der Waals surface area (Å²) in [5.41, 5.74) is 2.78. The molecular formula is C21H22N2O4. The third-order valence-corrected chi connectivity index (χ3v) is 4.31. The maximum atomic E-state index is 12.0. The van der Waals surface area contributed by atoms with Gasteiger partial charge in [-0.2, -0.15) is 0 Å². The molecule has 0 atom stereocenters. The molecule has 0 saturated carbocycles. The number of carbonyl (C=O) groups is 1. The summed E-state index contributed by atoms with van der Waals surface area (Å²) in [6, 6.07) is 8.90. The van der Waals surface area contributed by atoms with E-state index in [0.717, 1.165) is 29.4 Å². The van der Waals surface area contributed by atoms with E-state index in [4.69, 9.17) is 9.15 Å². The standard InChI is InChI=1S/C21H22N2O4/c1-3-4-16-11-20(25)27-21-14(2)18(6-5-17(16)21)26-13-19(24)23-12-15-7-9-22-10-8-15/h5-11H,3-4,12-13H2,1-2H3,(H,23,24). The fourth-order valence-electron chi connectivity index (χ4n) is 2.94. The van der Waals surface area contributed by atoms with Crippen molar-refractivity contribution in [2.75, 3.05) is 6.61 Å². The van der Waals surface area contributed by atoms with Gasteiger partial charge in [0.05, 0.1) is 0 Å². The minimum absolute atomic E-state index is 0.115. The molecule has 140 valence electrons. The lowest BCUT2D eigenvalue weighted by molar-refractivity contribution is -0.123. The number of hydrogen-bond acceptors (Lipinski definition) is 5. The van der Waals surface area contributed by atoms with E-state index in [9.17, 15) is 9.59 Å². The lowest BCUT2D eigenvalue weighted by atomic mass is 10.0. The zero-order valence-corrected chi connectivity index (χ0v) is 15.5. The number of hydrogen-bond donors (Lipinski definition) is 1. The quantitative estimate of drug-likeness (QED) is 0.650. The summed E-state index contributed by atoms with van der Waals surface area (Å²) in [5.74, 6) is 0.297. The van der Waals surface area contributed by atoms with Crippen molar-refractivity contribution in [3.63, 3.8) is 0 Å². The zero-order chi connectivity index (χ0) is 19.2. The largest absolute Gasteiger partial charge is 0.483 e. The van der Waals surface area contributed by atoms with Crippen molar-refractivity contribution in [3.8, 4) is 5.75 Å². The lowest BCUT2D eigenvalue weighted by Crippen LogP contribution is -2.28. The Morgan fingerprint density at radius 3 is 2.74 bits per heavy atom. The first-order valence-corrected chi connectivity index (χ1v) is 8.93. The molecule has 0 bridgehead atoms. The molecule has 0 aliphatic heterocycles. The van der Waals surface area contributed by atoms with Crippen molar-refractivity contribution in [3.05, 3.63) is 69.8 Å². The molecule has 0 spiro atoms. The molecule has 27 heavy (non-hydrogen) atoms. The zero-order valence-electron chi connectivity index (χ0n) is 15.5. The Morgan fingerprint density at radius 1 is 1.22 bits per heavy atom. The predicted octanol–water partition coefficient (Wildman–Crippen LogP) is 3.14. The van der Waals surface area contributed by atoms with Crippen LogP contribution in [0.3, 0.4) is 0 Å². The van der Waals surface area contributed by atoms with Crippen molar-refractivity contribution in [2.45, 2.75) is 33.2 Å². The van der Waals surface area contributed by atoms with Gasteiger partial charge in [-0.05, 0) is 48.7 Å². The van der Waals surface area contributed by atoms with Crippen LogP contribution in [0.2, 0.25) is 0 Å². The van der Waals surface area contributed by atoms with E-state index >= 15 is 0 Å². The highest BCUT2D eigenvalue weighted by molar-refractivity contribution is 5.85. The Balaban J connectivity index is 1.71. The second-order valence-corrected chi connectivity index (χ2v) is 6.33. The van der Waals surface area contributed by atoms with Gasteiger partial charge in [-0.25, -0.2) is 4.79 Å². The summed E-state index contributed by atoms with van der Waals surface area (Å²) in [5, 5.41) is 3.70. The van der Waals surface area contributed by atoms with Crippen molar-refractivity contribution in [1.29, 1.82) is 0 Å². The third kappa shape index (κ3) is 4.53. The Kier molecular flexibility index (Phi) is 5.86. The number of ether oxygens (including phenoxy) is 1. The fourth-order valence-corrected chi connectivity index (χ4v) is 2.94. The number of aryl methyl sites for hydroxylation is 2. The number of amides is 1. The molecule has 2 aromatic heterocycles. The second kappa shape index (κ2) is 8.49. The number of aromatic nitrogens is 1. The first-order valence-electron chi connectivity index (χ1n) is 8.93. The van der Waals surface area contributed by atoms with E-state index in [-0.39, 0.29) is 18.1 Å². The molecule has 6 nitrogen and oxygen atoms in total. The molecule has 1 amide bonds. The maximum absolute atomic E-state index is 12.0. The fraction of sp³-hybridized carbons (Fsp3) is 0.286. The van der Waals surface area contributed by atoms with Crippen LogP contribution in [0, 0.1) is 6.92 Å². The van der Waals surface area contributed by atoms with Gasteiger partial charge >= 0.3 is 5.63 Å². The molecule has 0 radical (unpaired) electrons. The molecule has 6 heteroatoms. The molecule has 0 unspecified atom stereocenters. The van der Waals surface area contributed by atoms with Gasteiger partial charge in [-0.15, -0.1) is 0 Å². The molecule has 2 heterocycles. The molecule has 3 rings (SSSR count). The summed E-state index contributed by atoms with van der Waals surface area (Å²) in [7, 11) is 0. The summed E-state index contributed by atoms with van der Waals surface area (Å²) < 4.78 is 11.0. The van der Waals surface area contributed by atoms with Gasteiger partial charge < -0.3 is 14.5 Å². The average molecular weight is 366 g/mol.